The molecule has 1 aromatic carbocycles. The lowest BCUT2D eigenvalue weighted by molar-refractivity contribution is 0.0927. The van der Waals surface area contributed by atoms with Gasteiger partial charge >= 0.3 is 0 Å². The highest BCUT2D eigenvalue weighted by molar-refractivity contribution is 9.10. The molecule has 4 nitrogen and oxygen atoms in total. The number of hydrogen-bond acceptors (Lipinski definition) is 3. The first-order valence-corrected chi connectivity index (χ1v) is 5.15. The Morgan fingerprint density at radius 3 is 2.87 bits per heavy atom. The van der Waals surface area contributed by atoms with Crippen LogP contribution in [0.5, 0.6) is 5.75 Å². The van der Waals surface area contributed by atoms with Gasteiger partial charge in [0.1, 0.15) is 5.75 Å². The van der Waals surface area contributed by atoms with Crippen LogP contribution in [0.3, 0.4) is 0 Å². The van der Waals surface area contributed by atoms with Gasteiger partial charge in [0.05, 0.1) is 23.3 Å². The van der Waals surface area contributed by atoms with Crippen molar-refractivity contribution in [3.8, 4) is 5.75 Å². The zero-order valence-corrected chi connectivity index (χ0v) is 9.91. The van der Waals surface area contributed by atoms with Crippen molar-refractivity contribution >= 4 is 32.7 Å². The van der Waals surface area contributed by atoms with E-state index in [1.807, 2.05) is 12.1 Å². The van der Waals surface area contributed by atoms with Crippen molar-refractivity contribution < 1.29 is 9.53 Å². The summed E-state index contributed by atoms with van der Waals surface area (Å²) in [5.41, 5.74) is 0.773. The molecule has 1 heterocycles. The molecule has 0 unspecified atom stereocenters. The molecule has 15 heavy (non-hydrogen) atoms. The molecule has 0 spiro atoms. The number of aromatic nitrogens is 2. The second-order valence-corrected chi connectivity index (χ2v) is 3.98. The number of rotatable bonds is 1. The maximum Gasteiger partial charge on any atom is 0.244 e. The highest BCUT2D eigenvalue weighted by Gasteiger charge is 2.09. The van der Waals surface area contributed by atoms with E-state index < -0.39 is 0 Å². The summed E-state index contributed by atoms with van der Waals surface area (Å²) in [5.74, 6) is 0.618. The quantitative estimate of drug-likeness (QED) is 0.798. The van der Waals surface area contributed by atoms with Crippen LogP contribution in [0.4, 0.5) is 0 Å². The predicted molar refractivity (Wildman–Crippen MR) is 60.3 cm³/mol. The second-order valence-electron chi connectivity index (χ2n) is 3.12. The average Bonchev–Trinajstić information content (AvgIpc) is 2.59. The van der Waals surface area contributed by atoms with Gasteiger partial charge in [-0.1, -0.05) is 0 Å². The minimum absolute atomic E-state index is 0.109. The average molecular weight is 269 g/mol. The fourth-order valence-electron chi connectivity index (χ4n) is 1.43. The van der Waals surface area contributed by atoms with E-state index in [0.29, 0.717) is 0 Å². The Labute approximate surface area is 95.0 Å². The Hall–Kier alpha value is -1.36. The van der Waals surface area contributed by atoms with Gasteiger partial charge in [-0.25, -0.2) is 4.68 Å². The molecule has 0 radical (unpaired) electrons. The Balaban J connectivity index is 2.73. The third-order valence-corrected chi connectivity index (χ3v) is 2.76. The largest absolute Gasteiger partial charge is 0.496 e. The van der Waals surface area contributed by atoms with Crippen molar-refractivity contribution in [1.29, 1.82) is 0 Å². The summed E-state index contributed by atoms with van der Waals surface area (Å²) in [6.07, 6.45) is 1.64. The number of carbonyl (C=O) groups excluding carboxylic acids is 1. The van der Waals surface area contributed by atoms with E-state index in [2.05, 4.69) is 21.0 Å². The predicted octanol–water partition coefficient (Wildman–Crippen LogP) is 2.47. The number of ether oxygens (including phenoxy) is 1. The highest BCUT2D eigenvalue weighted by atomic mass is 79.9. The molecule has 2 aromatic rings. The van der Waals surface area contributed by atoms with Crippen LogP contribution in [0.25, 0.3) is 10.9 Å². The number of fused-ring (bicyclic) bond motifs is 1. The van der Waals surface area contributed by atoms with Crippen molar-refractivity contribution in [3.63, 3.8) is 0 Å². The molecule has 0 saturated carbocycles. The van der Waals surface area contributed by atoms with Gasteiger partial charge in [0.25, 0.3) is 0 Å². The van der Waals surface area contributed by atoms with E-state index in [-0.39, 0.29) is 5.91 Å². The van der Waals surface area contributed by atoms with Gasteiger partial charge in [-0.3, -0.25) is 4.79 Å². The van der Waals surface area contributed by atoms with Gasteiger partial charge < -0.3 is 4.74 Å². The van der Waals surface area contributed by atoms with Gasteiger partial charge in [-0.15, -0.1) is 0 Å². The standard InChI is InChI=1S/C10H9BrN2O2/c1-6(14)13-9-4-8(11)10(15-2)3-7(9)5-12-13/h3-5H,1-2H3. The molecule has 0 bridgehead atoms. The maximum absolute atomic E-state index is 11.2. The number of hydrogen-bond donors (Lipinski definition) is 0. The van der Waals surface area contributed by atoms with Crippen LogP contribution in [-0.4, -0.2) is 22.8 Å². The first kappa shape index (κ1) is 10.2. The molecule has 0 N–H and O–H groups in total. The first-order chi connectivity index (χ1) is 7.13. The highest BCUT2D eigenvalue weighted by Crippen LogP contribution is 2.29. The van der Waals surface area contributed by atoms with Crippen molar-refractivity contribution in [2.75, 3.05) is 7.11 Å². The van der Waals surface area contributed by atoms with Crippen molar-refractivity contribution in [3.05, 3.63) is 22.8 Å². The van der Waals surface area contributed by atoms with E-state index in [9.17, 15) is 4.79 Å². The molecule has 0 amide bonds. The van der Waals surface area contributed by atoms with Crippen LogP contribution in [0.2, 0.25) is 0 Å². The van der Waals surface area contributed by atoms with E-state index in [1.54, 1.807) is 13.3 Å². The molecular weight excluding hydrogens is 260 g/mol. The molecule has 2 rings (SSSR count). The summed E-state index contributed by atoms with van der Waals surface area (Å²) in [7, 11) is 1.60. The lowest BCUT2D eigenvalue weighted by atomic mass is 10.2. The topological polar surface area (TPSA) is 44.1 Å². The summed E-state index contributed by atoms with van der Waals surface area (Å²) < 4.78 is 7.32. The fourth-order valence-corrected chi connectivity index (χ4v) is 1.93. The summed E-state index contributed by atoms with van der Waals surface area (Å²) >= 11 is 3.37. The van der Waals surface area contributed by atoms with Crippen LogP contribution >= 0.6 is 15.9 Å². The number of halogens is 1. The van der Waals surface area contributed by atoms with E-state index >= 15 is 0 Å². The second kappa shape index (κ2) is 3.66. The maximum atomic E-state index is 11.2. The van der Waals surface area contributed by atoms with Crippen molar-refractivity contribution in [2.45, 2.75) is 6.92 Å². The number of benzene rings is 1. The molecule has 0 fully saturated rings. The monoisotopic (exact) mass is 268 g/mol. The molecule has 0 atom stereocenters. The fraction of sp³-hybridized carbons (Fsp3) is 0.200. The van der Waals surface area contributed by atoms with Crippen LogP contribution in [-0.2, 0) is 0 Å². The number of methoxy groups -OCH3 is 1. The number of nitrogens with zero attached hydrogens (tertiary/aromatic N) is 2. The molecule has 1 aromatic heterocycles. The molecule has 78 valence electrons. The molecule has 0 saturated heterocycles. The summed E-state index contributed by atoms with van der Waals surface area (Å²) in [5, 5.41) is 4.88. The summed E-state index contributed by atoms with van der Waals surface area (Å²) in [6, 6.07) is 3.66. The van der Waals surface area contributed by atoms with Crippen molar-refractivity contribution in [2.24, 2.45) is 0 Å². The van der Waals surface area contributed by atoms with Crippen LogP contribution in [0.15, 0.2) is 22.8 Å². The lowest BCUT2D eigenvalue weighted by Gasteiger charge is -2.03. The van der Waals surface area contributed by atoms with E-state index in [1.165, 1.54) is 11.6 Å². The van der Waals surface area contributed by atoms with Gasteiger partial charge in [0.2, 0.25) is 5.91 Å². The van der Waals surface area contributed by atoms with Crippen LogP contribution in [0, 0.1) is 0 Å². The SMILES string of the molecule is COc1cc2cnn(C(C)=O)c2cc1Br. The Kier molecular flexibility index (Phi) is 2.48. The zero-order valence-electron chi connectivity index (χ0n) is 8.32. The Morgan fingerprint density at radius 2 is 2.27 bits per heavy atom. The third kappa shape index (κ3) is 1.63. The minimum Gasteiger partial charge on any atom is -0.496 e. The third-order valence-electron chi connectivity index (χ3n) is 2.14. The van der Waals surface area contributed by atoms with Crippen LogP contribution in [0.1, 0.15) is 11.7 Å². The number of carbonyl (C=O) groups is 1. The Bertz CT molecular complexity index is 533. The molecule has 0 aliphatic heterocycles. The van der Waals surface area contributed by atoms with Gasteiger partial charge in [0.15, 0.2) is 0 Å². The van der Waals surface area contributed by atoms with E-state index in [0.717, 1.165) is 21.1 Å². The first-order valence-electron chi connectivity index (χ1n) is 4.35. The molecule has 0 aliphatic carbocycles. The summed E-state index contributed by atoms with van der Waals surface area (Å²) in [4.78, 5) is 11.2. The van der Waals surface area contributed by atoms with Gasteiger partial charge in [-0.2, -0.15) is 5.10 Å². The lowest BCUT2D eigenvalue weighted by Crippen LogP contribution is -2.06. The minimum atomic E-state index is -0.109. The normalized spacial score (nSPS) is 10.6. The Morgan fingerprint density at radius 1 is 1.53 bits per heavy atom. The molecule has 5 heteroatoms. The molecular formula is C10H9BrN2O2. The van der Waals surface area contributed by atoms with Crippen LogP contribution < -0.4 is 4.74 Å². The summed E-state index contributed by atoms with van der Waals surface area (Å²) in [6.45, 7) is 1.48. The van der Waals surface area contributed by atoms with Crippen molar-refractivity contribution in [1.82, 2.24) is 9.78 Å². The smallest absolute Gasteiger partial charge is 0.244 e. The zero-order chi connectivity index (χ0) is 11.0. The molecule has 0 aliphatic rings. The van der Waals surface area contributed by atoms with Gasteiger partial charge in [-0.05, 0) is 28.1 Å². The van der Waals surface area contributed by atoms with Gasteiger partial charge in [0, 0.05) is 12.3 Å². The van der Waals surface area contributed by atoms with E-state index in [4.69, 9.17) is 4.74 Å².